The van der Waals surface area contributed by atoms with Crippen LogP contribution in [0, 0.1) is 5.82 Å². The molecule has 2 aromatic rings. The molecule has 136 valence electrons. The van der Waals surface area contributed by atoms with E-state index in [9.17, 15) is 14.0 Å². The van der Waals surface area contributed by atoms with Gasteiger partial charge in [0.05, 0.1) is 5.69 Å². The summed E-state index contributed by atoms with van der Waals surface area (Å²) in [7, 11) is 0. The Morgan fingerprint density at radius 1 is 1.27 bits per heavy atom. The normalized spacial score (nSPS) is 17.0. The van der Waals surface area contributed by atoms with E-state index in [0.717, 1.165) is 25.7 Å². The molecule has 2 amide bonds. The Hall–Kier alpha value is -2.76. The summed E-state index contributed by atoms with van der Waals surface area (Å²) in [5.74, 6) is -1.14. The van der Waals surface area contributed by atoms with Crippen molar-refractivity contribution < 1.29 is 14.0 Å². The molecule has 0 spiro atoms. The molecule has 1 atom stereocenters. The fraction of sp³-hybridized carbons (Fsp3) is 0.350. The maximum Gasteiger partial charge on any atom is 0.272 e. The van der Waals surface area contributed by atoms with Gasteiger partial charge in [-0.15, -0.1) is 0 Å². The Kier molecular flexibility index (Phi) is 5.61. The molecule has 1 N–H and O–H groups in total. The van der Waals surface area contributed by atoms with E-state index in [1.54, 1.807) is 12.1 Å². The van der Waals surface area contributed by atoms with Gasteiger partial charge in [0.25, 0.3) is 11.8 Å². The number of anilines is 1. The number of carbonyl (C=O) groups is 2. The predicted molar refractivity (Wildman–Crippen MR) is 97.6 cm³/mol. The number of aromatic nitrogens is 1. The molecule has 0 bridgehead atoms. The van der Waals surface area contributed by atoms with Gasteiger partial charge in [0.2, 0.25) is 0 Å². The number of hydrogen-bond acceptors (Lipinski definition) is 3. The third kappa shape index (κ3) is 3.90. The van der Waals surface area contributed by atoms with Crippen molar-refractivity contribution in [2.24, 2.45) is 0 Å². The molecule has 1 aromatic heterocycles. The molecule has 3 rings (SSSR count). The van der Waals surface area contributed by atoms with Crippen molar-refractivity contribution in [3.8, 4) is 0 Å². The van der Waals surface area contributed by atoms with Crippen LogP contribution in [-0.4, -0.2) is 34.3 Å². The first-order valence-corrected chi connectivity index (χ1v) is 8.93. The van der Waals surface area contributed by atoms with Crippen LogP contribution in [0.5, 0.6) is 0 Å². The quantitative estimate of drug-likeness (QED) is 0.905. The number of rotatable bonds is 4. The lowest BCUT2D eigenvalue weighted by Gasteiger charge is -2.35. The van der Waals surface area contributed by atoms with Gasteiger partial charge in [-0.3, -0.25) is 14.6 Å². The van der Waals surface area contributed by atoms with Gasteiger partial charge < -0.3 is 10.2 Å². The highest BCUT2D eigenvalue weighted by Crippen LogP contribution is 2.22. The van der Waals surface area contributed by atoms with Gasteiger partial charge in [-0.1, -0.05) is 19.1 Å². The summed E-state index contributed by atoms with van der Waals surface area (Å²) in [6, 6.07) is 9.16. The van der Waals surface area contributed by atoms with E-state index in [2.05, 4.69) is 17.2 Å². The van der Waals surface area contributed by atoms with Gasteiger partial charge in [0.15, 0.2) is 0 Å². The highest BCUT2D eigenvalue weighted by Gasteiger charge is 2.27. The summed E-state index contributed by atoms with van der Waals surface area (Å²) in [6.45, 7) is 2.78. The molecular weight excluding hydrogens is 333 g/mol. The number of piperidine rings is 1. The number of para-hydroxylation sites is 1. The zero-order valence-corrected chi connectivity index (χ0v) is 14.7. The second-order valence-electron chi connectivity index (χ2n) is 6.42. The standard InChI is InChI=1S/C20H22FN3O2/c1-2-15-7-5-6-12-24(15)20(26)18-13-14(10-11-22-18)19(25)23-17-9-4-3-8-16(17)21/h3-4,8-11,13,15H,2,5-7,12H2,1H3,(H,23,25). The van der Waals surface area contributed by atoms with E-state index in [0.29, 0.717) is 6.54 Å². The monoisotopic (exact) mass is 355 g/mol. The average Bonchev–Trinajstić information content (AvgIpc) is 2.69. The van der Waals surface area contributed by atoms with Gasteiger partial charge in [-0.2, -0.15) is 0 Å². The number of hydrogen-bond donors (Lipinski definition) is 1. The summed E-state index contributed by atoms with van der Waals surface area (Å²) in [5, 5.41) is 2.53. The molecule has 6 heteroatoms. The summed E-state index contributed by atoms with van der Waals surface area (Å²) >= 11 is 0. The fourth-order valence-corrected chi connectivity index (χ4v) is 3.29. The minimum absolute atomic E-state index is 0.101. The molecule has 1 aromatic carbocycles. The van der Waals surface area contributed by atoms with Crippen molar-refractivity contribution in [1.82, 2.24) is 9.88 Å². The summed E-state index contributed by atoms with van der Waals surface area (Å²) in [4.78, 5) is 31.2. The smallest absolute Gasteiger partial charge is 0.272 e. The Labute approximate surface area is 152 Å². The van der Waals surface area contributed by atoms with Gasteiger partial charge in [0, 0.05) is 24.3 Å². The number of nitrogens with one attached hydrogen (secondary N) is 1. The lowest BCUT2D eigenvalue weighted by Crippen LogP contribution is -2.43. The second-order valence-corrected chi connectivity index (χ2v) is 6.42. The lowest BCUT2D eigenvalue weighted by molar-refractivity contribution is 0.0602. The van der Waals surface area contributed by atoms with Gasteiger partial charge >= 0.3 is 0 Å². The van der Waals surface area contributed by atoms with Crippen LogP contribution in [0.4, 0.5) is 10.1 Å². The number of amides is 2. The van der Waals surface area contributed by atoms with E-state index in [-0.39, 0.29) is 28.9 Å². The molecule has 1 saturated heterocycles. The topological polar surface area (TPSA) is 62.3 Å². The fourth-order valence-electron chi connectivity index (χ4n) is 3.29. The minimum atomic E-state index is -0.509. The van der Waals surface area contributed by atoms with Crippen molar-refractivity contribution in [1.29, 1.82) is 0 Å². The highest BCUT2D eigenvalue weighted by molar-refractivity contribution is 6.05. The van der Waals surface area contributed by atoms with E-state index in [1.807, 2.05) is 4.90 Å². The maximum atomic E-state index is 13.7. The Morgan fingerprint density at radius 2 is 2.08 bits per heavy atom. The highest BCUT2D eigenvalue weighted by atomic mass is 19.1. The molecular formula is C20H22FN3O2. The number of carbonyl (C=O) groups excluding carboxylic acids is 2. The first kappa shape index (κ1) is 18.0. The van der Waals surface area contributed by atoms with Crippen molar-refractivity contribution in [2.75, 3.05) is 11.9 Å². The lowest BCUT2D eigenvalue weighted by atomic mass is 9.99. The molecule has 0 aliphatic carbocycles. The molecule has 5 nitrogen and oxygen atoms in total. The molecule has 0 saturated carbocycles. The largest absolute Gasteiger partial charge is 0.334 e. The Balaban J connectivity index is 1.78. The third-order valence-corrected chi connectivity index (χ3v) is 4.72. The summed E-state index contributed by atoms with van der Waals surface area (Å²) in [6.07, 6.45) is 5.44. The number of benzene rings is 1. The van der Waals surface area contributed by atoms with Crippen molar-refractivity contribution in [3.05, 3.63) is 59.7 Å². The van der Waals surface area contributed by atoms with Crippen LogP contribution in [0.15, 0.2) is 42.6 Å². The van der Waals surface area contributed by atoms with Crippen LogP contribution in [-0.2, 0) is 0 Å². The zero-order chi connectivity index (χ0) is 18.5. The number of nitrogens with zero attached hydrogens (tertiary/aromatic N) is 2. The van der Waals surface area contributed by atoms with Crippen molar-refractivity contribution in [3.63, 3.8) is 0 Å². The van der Waals surface area contributed by atoms with Crippen molar-refractivity contribution in [2.45, 2.75) is 38.6 Å². The van der Waals surface area contributed by atoms with E-state index < -0.39 is 11.7 Å². The van der Waals surface area contributed by atoms with Crippen LogP contribution in [0.1, 0.15) is 53.5 Å². The molecule has 26 heavy (non-hydrogen) atoms. The van der Waals surface area contributed by atoms with E-state index in [1.165, 1.54) is 30.5 Å². The molecule has 0 radical (unpaired) electrons. The predicted octanol–water partition coefficient (Wildman–Crippen LogP) is 3.88. The summed E-state index contributed by atoms with van der Waals surface area (Å²) in [5.41, 5.74) is 0.618. The SMILES string of the molecule is CCC1CCCCN1C(=O)c1cc(C(=O)Nc2ccccc2F)ccn1. The molecule has 1 fully saturated rings. The van der Waals surface area contributed by atoms with Crippen LogP contribution < -0.4 is 5.32 Å². The third-order valence-electron chi connectivity index (χ3n) is 4.72. The minimum Gasteiger partial charge on any atom is -0.334 e. The maximum absolute atomic E-state index is 13.7. The Morgan fingerprint density at radius 3 is 2.85 bits per heavy atom. The van der Waals surface area contributed by atoms with Gasteiger partial charge in [-0.25, -0.2) is 4.39 Å². The van der Waals surface area contributed by atoms with E-state index in [4.69, 9.17) is 0 Å². The first-order valence-electron chi connectivity index (χ1n) is 8.93. The van der Waals surface area contributed by atoms with Crippen LogP contribution in [0.25, 0.3) is 0 Å². The van der Waals surface area contributed by atoms with Crippen LogP contribution in [0.2, 0.25) is 0 Å². The second kappa shape index (κ2) is 8.08. The molecule has 1 aliphatic rings. The first-order chi connectivity index (χ1) is 12.6. The van der Waals surface area contributed by atoms with Gasteiger partial charge in [0.1, 0.15) is 11.5 Å². The molecule has 1 aliphatic heterocycles. The average molecular weight is 355 g/mol. The van der Waals surface area contributed by atoms with Crippen molar-refractivity contribution >= 4 is 17.5 Å². The zero-order valence-electron chi connectivity index (χ0n) is 14.7. The number of halogens is 1. The Bertz CT molecular complexity index is 809. The van der Waals surface area contributed by atoms with E-state index >= 15 is 0 Å². The molecule has 2 heterocycles. The summed E-state index contributed by atoms with van der Waals surface area (Å²) < 4.78 is 13.7. The van der Waals surface area contributed by atoms with Crippen LogP contribution >= 0.6 is 0 Å². The van der Waals surface area contributed by atoms with Gasteiger partial charge in [-0.05, 0) is 49.9 Å². The number of likely N-dealkylation sites (tertiary alicyclic amines) is 1. The number of pyridine rings is 1. The molecule has 1 unspecified atom stereocenters. The van der Waals surface area contributed by atoms with Crippen LogP contribution in [0.3, 0.4) is 0 Å².